The van der Waals surface area contributed by atoms with Crippen molar-refractivity contribution in [3.05, 3.63) is 83.7 Å². The quantitative estimate of drug-likeness (QED) is 0.140. The Balaban J connectivity index is 0.000000190. The number of alkyl halides is 13. The second-order valence-electron chi connectivity index (χ2n) is 11.6. The number of benzene rings is 2. The standard InChI is InChI=1S/C16H10F6N4O.C15H8F8N4O2/c17-10-5-8(1-3-12(10)27-9-6-15(18,19)7-9)11-2-4-13-23-24-14(16(20,21)22)26(13)25-11;16-13(17)28-6-7-5-8(29-15(21,22)23)1-2-9(7)10-3-4-11-24-25-12(14(18,19)20)27(11)26-10/h1-5,9H,6-7H2;1-5,13H,6H2. The first kappa shape index (κ1) is 39.8. The minimum absolute atomic E-state index is 0.0495. The largest absolute Gasteiger partial charge is 0.573 e. The molecule has 0 amide bonds. The van der Waals surface area contributed by atoms with Gasteiger partial charge in [0.15, 0.2) is 22.9 Å². The molecule has 0 unspecified atom stereocenters. The maximum Gasteiger partial charge on any atom is 0.573 e. The van der Waals surface area contributed by atoms with Gasteiger partial charge in [0.2, 0.25) is 0 Å². The highest BCUT2D eigenvalue weighted by molar-refractivity contribution is 5.66. The molecule has 1 saturated carbocycles. The van der Waals surface area contributed by atoms with Crippen LogP contribution in [0.15, 0.2) is 60.7 Å². The zero-order valence-corrected chi connectivity index (χ0v) is 27.1. The van der Waals surface area contributed by atoms with Crippen molar-refractivity contribution in [1.82, 2.24) is 39.6 Å². The molecule has 0 radical (unpaired) electrons. The fourth-order valence-corrected chi connectivity index (χ4v) is 5.14. The van der Waals surface area contributed by atoms with Crippen LogP contribution in [0, 0.1) is 5.82 Å². The van der Waals surface area contributed by atoms with Gasteiger partial charge in [0, 0.05) is 24.0 Å². The molecule has 0 aliphatic heterocycles. The van der Waals surface area contributed by atoms with Gasteiger partial charge in [-0.2, -0.15) is 54.4 Å². The van der Waals surface area contributed by atoms with E-state index in [-0.39, 0.29) is 45.1 Å². The first-order valence-electron chi connectivity index (χ1n) is 15.3. The van der Waals surface area contributed by atoms with Crippen molar-refractivity contribution in [3.8, 4) is 34.0 Å². The fourth-order valence-electron chi connectivity index (χ4n) is 5.14. The molecule has 6 aromatic rings. The molecule has 1 aliphatic rings. The predicted octanol–water partition coefficient (Wildman–Crippen LogP) is 8.57. The van der Waals surface area contributed by atoms with Gasteiger partial charge in [-0.05, 0) is 66.2 Å². The lowest BCUT2D eigenvalue weighted by Gasteiger charge is -2.34. The summed E-state index contributed by atoms with van der Waals surface area (Å²) in [5.74, 6) is -7.29. The van der Waals surface area contributed by atoms with E-state index in [1.54, 1.807) is 0 Å². The zero-order chi connectivity index (χ0) is 40.8. The van der Waals surface area contributed by atoms with Crippen LogP contribution in [-0.4, -0.2) is 64.6 Å². The summed E-state index contributed by atoms with van der Waals surface area (Å²) in [6.07, 6.45) is -16.4. The summed E-state index contributed by atoms with van der Waals surface area (Å²) >= 11 is 0. The Morgan fingerprint density at radius 2 is 1.29 bits per heavy atom. The van der Waals surface area contributed by atoms with Crippen molar-refractivity contribution in [2.45, 2.75) is 56.8 Å². The molecule has 2 aromatic carbocycles. The van der Waals surface area contributed by atoms with E-state index < -0.39 is 80.0 Å². The van der Waals surface area contributed by atoms with Gasteiger partial charge in [-0.15, -0.1) is 33.6 Å². The lowest BCUT2D eigenvalue weighted by molar-refractivity contribution is -0.274. The molecule has 4 heterocycles. The van der Waals surface area contributed by atoms with E-state index in [0.29, 0.717) is 9.03 Å². The summed E-state index contributed by atoms with van der Waals surface area (Å²) in [6, 6.07) is 11.2. The van der Waals surface area contributed by atoms with Crippen LogP contribution in [0.4, 0.5) is 61.5 Å². The number of nitrogens with zero attached hydrogens (tertiary/aromatic N) is 8. The minimum atomic E-state index is -5.04. The van der Waals surface area contributed by atoms with E-state index in [1.165, 1.54) is 30.3 Å². The van der Waals surface area contributed by atoms with Crippen molar-refractivity contribution >= 4 is 11.3 Å². The minimum Gasteiger partial charge on any atom is -0.487 e. The SMILES string of the molecule is FC(F)OCc1cc(OC(F)(F)F)ccc1-c1ccc2nnc(C(F)(F)F)n2n1.Fc1cc(-c2ccc3nnc(C(F)(F)F)n3n2)ccc1OC1CC(F)(F)C1. The molecular weight excluding hydrogens is 798 g/mol. The van der Waals surface area contributed by atoms with Crippen LogP contribution in [0.5, 0.6) is 11.5 Å². The molecular formula is C31H18F14N8O3. The highest BCUT2D eigenvalue weighted by atomic mass is 19.4. The monoisotopic (exact) mass is 816 g/mol. The Bertz CT molecular complexity index is 2350. The first-order valence-corrected chi connectivity index (χ1v) is 15.3. The van der Waals surface area contributed by atoms with E-state index in [0.717, 1.165) is 30.3 Å². The van der Waals surface area contributed by atoms with Gasteiger partial charge in [-0.1, -0.05) is 0 Å². The van der Waals surface area contributed by atoms with Crippen LogP contribution in [0.1, 0.15) is 30.1 Å². The van der Waals surface area contributed by atoms with Gasteiger partial charge in [0.25, 0.3) is 17.6 Å². The Hall–Kier alpha value is -5.88. The van der Waals surface area contributed by atoms with Crippen molar-refractivity contribution in [1.29, 1.82) is 0 Å². The summed E-state index contributed by atoms with van der Waals surface area (Å²) in [5, 5.41) is 20.3. The Kier molecular flexibility index (Phi) is 10.4. The first-order chi connectivity index (χ1) is 26.1. The third-order valence-electron chi connectivity index (χ3n) is 7.56. The van der Waals surface area contributed by atoms with E-state index in [1.807, 2.05) is 0 Å². The van der Waals surface area contributed by atoms with Crippen LogP contribution in [0.3, 0.4) is 0 Å². The van der Waals surface area contributed by atoms with Gasteiger partial charge < -0.3 is 14.2 Å². The molecule has 4 aromatic heterocycles. The van der Waals surface area contributed by atoms with Crippen LogP contribution in [-0.2, 0) is 23.7 Å². The van der Waals surface area contributed by atoms with Crippen LogP contribution < -0.4 is 9.47 Å². The molecule has 11 nitrogen and oxygen atoms in total. The molecule has 0 bridgehead atoms. The summed E-state index contributed by atoms with van der Waals surface area (Å²) < 4.78 is 193. The highest BCUT2D eigenvalue weighted by Gasteiger charge is 2.47. The van der Waals surface area contributed by atoms with E-state index in [9.17, 15) is 61.5 Å². The number of rotatable bonds is 8. The third kappa shape index (κ3) is 9.14. The van der Waals surface area contributed by atoms with Gasteiger partial charge >= 0.3 is 25.3 Å². The average Bonchev–Trinajstić information content (AvgIpc) is 3.71. The molecule has 298 valence electrons. The second kappa shape index (κ2) is 14.6. The summed E-state index contributed by atoms with van der Waals surface area (Å²) in [6.45, 7) is -4.09. The number of halogens is 14. The lowest BCUT2D eigenvalue weighted by Crippen LogP contribution is -2.43. The van der Waals surface area contributed by atoms with Crippen LogP contribution in [0.2, 0.25) is 0 Å². The Morgan fingerprint density at radius 3 is 1.80 bits per heavy atom. The smallest absolute Gasteiger partial charge is 0.487 e. The number of ether oxygens (including phenoxy) is 3. The van der Waals surface area contributed by atoms with Crippen LogP contribution in [0.25, 0.3) is 33.8 Å². The van der Waals surface area contributed by atoms with Crippen molar-refractivity contribution < 1.29 is 75.7 Å². The van der Waals surface area contributed by atoms with Crippen molar-refractivity contribution in [3.63, 3.8) is 0 Å². The topological polar surface area (TPSA) is 114 Å². The molecule has 25 heteroatoms. The maximum atomic E-state index is 14.2. The summed E-state index contributed by atoms with van der Waals surface area (Å²) in [7, 11) is 0. The number of aromatic nitrogens is 8. The summed E-state index contributed by atoms with van der Waals surface area (Å²) in [5.41, 5.74) is -0.574. The van der Waals surface area contributed by atoms with Gasteiger partial charge in [0.05, 0.1) is 18.0 Å². The van der Waals surface area contributed by atoms with E-state index in [4.69, 9.17) is 4.74 Å². The number of hydrogen-bond acceptors (Lipinski definition) is 9. The molecule has 0 spiro atoms. The van der Waals surface area contributed by atoms with Crippen molar-refractivity contribution in [2.75, 3.05) is 0 Å². The average molecular weight is 817 g/mol. The predicted molar refractivity (Wildman–Crippen MR) is 158 cm³/mol. The van der Waals surface area contributed by atoms with Gasteiger partial charge in [0.1, 0.15) is 11.9 Å². The third-order valence-corrected chi connectivity index (χ3v) is 7.56. The Labute approximate surface area is 301 Å². The molecule has 7 rings (SSSR count). The molecule has 0 atom stereocenters. The van der Waals surface area contributed by atoms with Crippen LogP contribution >= 0.6 is 0 Å². The molecule has 0 saturated heterocycles. The lowest BCUT2D eigenvalue weighted by atomic mass is 9.91. The maximum absolute atomic E-state index is 14.2. The molecule has 0 N–H and O–H groups in total. The van der Waals surface area contributed by atoms with E-state index in [2.05, 4.69) is 40.1 Å². The fraction of sp³-hybridized carbons (Fsp3) is 0.290. The number of fused-ring (bicyclic) bond motifs is 2. The normalized spacial score (nSPS) is 14.8. The highest BCUT2D eigenvalue weighted by Crippen LogP contribution is 2.40. The Morgan fingerprint density at radius 1 is 0.714 bits per heavy atom. The number of hydrogen-bond donors (Lipinski definition) is 0. The van der Waals surface area contributed by atoms with Gasteiger partial charge in [-0.25, -0.2) is 13.2 Å². The second-order valence-corrected chi connectivity index (χ2v) is 11.6. The van der Waals surface area contributed by atoms with Crippen molar-refractivity contribution in [2.24, 2.45) is 0 Å². The molecule has 1 fully saturated rings. The zero-order valence-electron chi connectivity index (χ0n) is 27.1. The van der Waals surface area contributed by atoms with Gasteiger partial charge in [-0.3, -0.25) is 0 Å². The molecule has 1 aliphatic carbocycles. The summed E-state index contributed by atoms with van der Waals surface area (Å²) in [4.78, 5) is 0. The van der Waals surface area contributed by atoms with E-state index >= 15 is 0 Å². The molecule has 56 heavy (non-hydrogen) atoms.